The molecule has 0 aromatic heterocycles. The summed E-state index contributed by atoms with van der Waals surface area (Å²) in [5, 5.41) is 5.25. The fourth-order valence-electron chi connectivity index (χ4n) is 3.17. The smallest absolute Gasteiger partial charge is 0.408 e. The SMILES string of the molecule is Cc1ccc(C)c(C(C(=O)NC(C)C)N(C)C(=O)C(CC(N)=O)NC(=O)OC(C)(C)C)c1. The van der Waals surface area contributed by atoms with E-state index in [1.54, 1.807) is 20.8 Å². The van der Waals surface area contributed by atoms with E-state index < -0.39 is 42.0 Å². The zero-order valence-electron chi connectivity index (χ0n) is 20.2. The Hall–Kier alpha value is -3.10. The van der Waals surface area contributed by atoms with E-state index in [1.165, 1.54) is 11.9 Å². The topological polar surface area (TPSA) is 131 Å². The first-order chi connectivity index (χ1) is 14.6. The van der Waals surface area contributed by atoms with Crippen LogP contribution in [-0.4, -0.2) is 53.4 Å². The molecule has 0 fully saturated rings. The van der Waals surface area contributed by atoms with Crippen LogP contribution < -0.4 is 16.4 Å². The van der Waals surface area contributed by atoms with Crippen LogP contribution in [0.2, 0.25) is 0 Å². The first-order valence-electron chi connectivity index (χ1n) is 10.5. The summed E-state index contributed by atoms with van der Waals surface area (Å²) >= 11 is 0. The second-order valence-corrected chi connectivity index (χ2v) is 9.24. The molecular formula is C23H36N4O5. The number of nitrogens with two attached hydrogens (primary N) is 1. The lowest BCUT2D eigenvalue weighted by molar-refractivity contribution is -0.141. The maximum absolute atomic E-state index is 13.3. The van der Waals surface area contributed by atoms with Gasteiger partial charge in [0.2, 0.25) is 17.7 Å². The van der Waals surface area contributed by atoms with Gasteiger partial charge in [-0.1, -0.05) is 23.8 Å². The van der Waals surface area contributed by atoms with E-state index >= 15 is 0 Å². The summed E-state index contributed by atoms with van der Waals surface area (Å²) < 4.78 is 5.21. The van der Waals surface area contributed by atoms with Crippen molar-refractivity contribution in [2.24, 2.45) is 5.73 Å². The number of primary amides is 1. The molecule has 1 rings (SSSR count). The van der Waals surface area contributed by atoms with Gasteiger partial charge in [0, 0.05) is 13.1 Å². The Kier molecular flexibility index (Phi) is 9.23. The molecular weight excluding hydrogens is 412 g/mol. The van der Waals surface area contributed by atoms with Gasteiger partial charge in [-0.25, -0.2) is 4.79 Å². The van der Waals surface area contributed by atoms with Crippen LogP contribution in [0.4, 0.5) is 4.79 Å². The van der Waals surface area contributed by atoms with Crippen LogP contribution in [-0.2, 0) is 19.1 Å². The van der Waals surface area contributed by atoms with Gasteiger partial charge in [-0.15, -0.1) is 0 Å². The molecule has 2 unspecified atom stereocenters. The molecule has 9 heteroatoms. The maximum Gasteiger partial charge on any atom is 0.408 e. The summed E-state index contributed by atoms with van der Waals surface area (Å²) in [7, 11) is 1.46. The van der Waals surface area contributed by atoms with Crippen molar-refractivity contribution >= 4 is 23.8 Å². The quantitative estimate of drug-likeness (QED) is 0.560. The van der Waals surface area contributed by atoms with E-state index in [0.717, 1.165) is 11.1 Å². The fourth-order valence-corrected chi connectivity index (χ4v) is 3.17. The van der Waals surface area contributed by atoms with Gasteiger partial charge in [-0.3, -0.25) is 14.4 Å². The molecule has 0 aliphatic heterocycles. The van der Waals surface area contributed by atoms with Crippen molar-refractivity contribution < 1.29 is 23.9 Å². The number of rotatable bonds is 8. The van der Waals surface area contributed by atoms with E-state index in [9.17, 15) is 19.2 Å². The van der Waals surface area contributed by atoms with E-state index in [-0.39, 0.29) is 11.9 Å². The summed E-state index contributed by atoms with van der Waals surface area (Å²) in [5.74, 6) is -1.79. The van der Waals surface area contributed by atoms with Crippen molar-refractivity contribution in [3.05, 3.63) is 34.9 Å². The molecule has 1 aromatic rings. The van der Waals surface area contributed by atoms with Crippen molar-refractivity contribution in [3.63, 3.8) is 0 Å². The minimum Gasteiger partial charge on any atom is -0.444 e. The third kappa shape index (κ3) is 8.20. The van der Waals surface area contributed by atoms with Crippen LogP contribution in [0.15, 0.2) is 18.2 Å². The van der Waals surface area contributed by atoms with Crippen LogP contribution in [0.5, 0.6) is 0 Å². The highest BCUT2D eigenvalue weighted by Crippen LogP contribution is 2.26. The van der Waals surface area contributed by atoms with Crippen molar-refractivity contribution in [1.82, 2.24) is 15.5 Å². The van der Waals surface area contributed by atoms with Gasteiger partial charge in [0.25, 0.3) is 0 Å². The lowest BCUT2D eigenvalue weighted by atomic mass is 9.96. The van der Waals surface area contributed by atoms with Gasteiger partial charge < -0.3 is 26.0 Å². The number of carbonyl (C=O) groups excluding carboxylic acids is 4. The Morgan fingerprint density at radius 3 is 2.19 bits per heavy atom. The van der Waals surface area contributed by atoms with Gasteiger partial charge in [-0.2, -0.15) is 0 Å². The molecule has 0 aliphatic carbocycles. The minimum atomic E-state index is -1.29. The number of carbonyl (C=O) groups is 4. The van der Waals surface area contributed by atoms with E-state index in [1.807, 2.05) is 45.9 Å². The maximum atomic E-state index is 13.3. The normalized spacial score (nSPS) is 13.2. The Bertz CT molecular complexity index is 860. The molecule has 4 amide bonds. The van der Waals surface area contributed by atoms with Gasteiger partial charge in [0.05, 0.1) is 6.42 Å². The van der Waals surface area contributed by atoms with Crippen LogP contribution in [0.1, 0.15) is 63.8 Å². The molecule has 0 saturated carbocycles. The largest absolute Gasteiger partial charge is 0.444 e. The molecule has 1 aromatic carbocycles. The lowest BCUT2D eigenvalue weighted by Crippen LogP contribution is -2.53. The number of benzene rings is 1. The molecule has 9 nitrogen and oxygen atoms in total. The third-order valence-corrected chi connectivity index (χ3v) is 4.54. The Labute approximate surface area is 190 Å². The number of amides is 4. The van der Waals surface area contributed by atoms with Crippen molar-refractivity contribution in [3.8, 4) is 0 Å². The molecule has 0 saturated heterocycles. The molecule has 0 heterocycles. The first-order valence-corrected chi connectivity index (χ1v) is 10.5. The second kappa shape index (κ2) is 11.0. The van der Waals surface area contributed by atoms with E-state index in [2.05, 4.69) is 10.6 Å². The Morgan fingerprint density at radius 1 is 1.09 bits per heavy atom. The summed E-state index contributed by atoms with van der Waals surface area (Å²) in [6, 6.07) is 3.22. The molecule has 178 valence electrons. The highest BCUT2D eigenvalue weighted by molar-refractivity contribution is 5.94. The van der Waals surface area contributed by atoms with Crippen molar-refractivity contribution in [2.75, 3.05) is 7.05 Å². The molecule has 0 radical (unpaired) electrons. The van der Waals surface area contributed by atoms with Crippen LogP contribution in [0.25, 0.3) is 0 Å². The van der Waals surface area contributed by atoms with E-state index in [4.69, 9.17) is 10.5 Å². The zero-order chi connectivity index (χ0) is 24.8. The number of nitrogens with one attached hydrogen (secondary N) is 2. The van der Waals surface area contributed by atoms with Crippen molar-refractivity contribution in [2.45, 2.75) is 78.6 Å². The Balaban J connectivity index is 3.33. The minimum absolute atomic E-state index is 0.153. The predicted molar refractivity (Wildman–Crippen MR) is 122 cm³/mol. The number of hydrogen-bond acceptors (Lipinski definition) is 5. The molecule has 4 N–H and O–H groups in total. The summed E-state index contributed by atoms with van der Waals surface area (Å²) in [4.78, 5) is 51.5. The fraction of sp³-hybridized carbons (Fsp3) is 0.565. The van der Waals surface area contributed by atoms with Gasteiger partial charge in [-0.05, 0) is 59.6 Å². The molecule has 0 bridgehead atoms. The predicted octanol–water partition coefficient (Wildman–Crippen LogP) is 2.10. The monoisotopic (exact) mass is 448 g/mol. The summed E-state index contributed by atoms with van der Waals surface area (Å²) in [5.41, 5.74) is 6.91. The highest BCUT2D eigenvalue weighted by atomic mass is 16.6. The number of hydrogen-bond donors (Lipinski definition) is 3. The third-order valence-electron chi connectivity index (χ3n) is 4.54. The van der Waals surface area contributed by atoms with Crippen molar-refractivity contribution in [1.29, 1.82) is 0 Å². The summed E-state index contributed by atoms with van der Waals surface area (Å²) in [6.45, 7) is 12.4. The average Bonchev–Trinajstić information content (AvgIpc) is 2.60. The number of aryl methyl sites for hydroxylation is 2. The highest BCUT2D eigenvalue weighted by Gasteiger charge is 2.35. The first kappa shape index (κ1) is 26.9. The van der Waals surface area contributed by atoms with Gasteiger partial charge in [0.15, 0.2) is 0 Å². The van der Waals surface area contributed by atoms with Crippen LogP contribution in [0.3, 0.4) is 0 Å². The lowest BCUT2D eigenvalue weighted by Gasteiger charge is -2.32. The number of ether oxygens (including phenoxy) is 1. The molecule has 32 heavy (non-hydrogen) atoms. The molecule has 0 aliphatic rings. The van der Waals surface area contributed by atoms with E-state index in [0.29, 0.717) is 5.56 Å². The van der Waals surface area contributed by atoms with Crippen LogP contribution >= 0.6 is 0 Å². The molecule has 2 atom stereocenters. The zero-order valence-corrected chi connectivity index (χ0v) is 20.2. The number of likely N-dealkylation sites (N-methyl/N-ethyl adjacent to an activating group) is 1. The standard InChI is InChI=1S/C23H36N4O5/c1-13(2)25-20(29)19(16-11-14(3)9-10-15(16)4)27(8)21(30)17(12-18(24)28)26-22(31)32-23(5,6)7/h9-11,13,17,19H,12H2,1-8H3,(H2,24,28)(H,25,29)(H,26,31). The second-order valence-electron chi connectivity index (χ2n) is 9.24. The summed E-state index contributed by atoms with van der Waals surface area (Å²) in [6.07, 6.45) is -1.30. The number of nitrogens with zero attached hydrogens (tertiary/aromatic N) is 1. The van der Waals surface area contributed by atoms with Gasteiger partial charge in [0.1, 0.15) is 17.7 Å². The number of alkyl carbamates (subject to hydrolysis) is 1. The van der Waals surface area contributed by atoms with Crippen LogP contribution in [0, 0.1) is 13.8 Å². The average molecular weight is 449 g/mol. The van der Waals surface area contributed by atoms with Gasteiger partial charge >= 0.3 is 6.09 Å². The Morgan fingerprint density at radius 2 is 1.69 bits per heavy atom. The molecule has 0 spiro atoms.